The number of rotatable bonds is 8. The molecule has 0 spiro atoms. The number of amides is 6. The molecule has 4 aliphatic heterocycles. The van der Waals surface area contributed by atoms with Crippen LogP contribution < -0.4 is 11.5 Å². The second-order valence-electron chi connectivity index (χ2n) is 18.5. The molecule has 6 amide bonds. The molecule has 1 aromatic heterocycles. The predicted molar refractivity (Wildman–Crippen MR) is 223 cm³/mol. The van der Waals surface area contributed by atoms with Crippen LogP contribution in [0.5, 0.6) is 0 Å². The predicted octanol–water partition coefficient (Wildman–Crippen LogP) is 5.41. The van der Waals surface area contributed by atoms with Crippen molar-refractivity contribution in [2.75, 3.05) is 26.2 Å². The van der Waals surface area contributed by atoms with E-state index in [-0.39, 0.29) is 11.8 Å². The molecule has 7 rings (SSSR count). The lowest BCUT2D eigenvalue weighted by Gasteiger charge is -2.39. The summed E-state index contributed by atoms with van der Waals surface area (Å²) in [7, 11) is 0. The van der Waals surface area contributed by atoms with Gasteiger partial charge in [-0.3, -0.25) is 29.0 Å². The maximum atomic E-state index is 14.2. The first-order valence-electron chi connectivity index (χ1n) is 21.2. The third-order valence-corrected chi connectivity index (χ3v) is 12.2. The van der Waals surface area contributed by atoms with Gasteiger partial charge in [0.2, 0.25) is 29.5 Å². The highest BCUT2D eigenvalue weighted by molar-refractivity contribution is 5.96. The Kier molecular flexibility index (Phi) is 11.4. The van der Waals surface area contributed by atoms with Crippen molar-refractivity contribution in [1.82, 2.24) is 24.6 Å². The maximum Gasteiger partial charge on any atom is 0.410 e. The molecule has 0 bridgehead atoms. The van der Waals surface area contributed by atoms with E-state index in [1.54, 1.807) is 96.3 Å². The van der Waals surface area contributed by atoms with Crippen LogP contribution in [-0.2, 0) is 39.7 Å². The summed E-state index contributed by atoms with van der Waals surface area (Å²) in [5, 5.41) is 0. The minimum absolute atomic E-state index is 0.310. The van der Waals surface area contributed by atoms with Gasteiger partial charge in [0, 0.05) is 37.3 Å². The molecule has 0 unspecified atom stereocenters. The molecule has 3 aromatic rings. The van der Waals surface area contributed by atoms with E-state index in [1.165, 1.54) is 19.6 Å². The highest BCUT2D eigenvalue weighted by atomic mass is 16.6. The highest BCUT2D eigenvalue weighted by Gasteiger charge is 2.54. The van der Waals surface area contributed by atoms with Gasteiger partial charge >= 0.3 is 12.2 Å². The van der Waals surface area contributed by atoms with Gasteiger partial charge in [-0.15, -0.1) is 0 Å². The van der Waals surface area contributed by atoms with Gasteiger partial charge in [0.05, 0.1) is 6.20 Å². The van der Waals surface area contributed by atoms with E-state index in [2.05, 4.69) is 4.98 Å². The lowest BCUT2D eigenvalue weighted by atomic mass is 9.85. The van der Waals surface area contributed by atoms with Gasteiger partial charge in [-0.1, -0.05) is 36.4 Å². The van der Waals surface area contributed by atoms with Crippen molar-refractivity contribution in [1.29, 1.82) is 0 Å². The smallest absolute Gasteiger partial charge is 0.410 e. The topological polar surface area (TPSA) is 212 Å². The van der Waals surface area contributed by atoms with Crippen molar-refractivity contribution in [3.63, 3.8) is 0 Å². The molecule has 16 nitrogen and oxygen atoms in total. The molecular weight excluding hydrogens is 783 g/mol. The monoisotopic (exact) mass is 839 g/mol. The molecule has 4 fully saturated rings. The Labute approximate surface area is 355 Å². The van der Waals surface area contributed by atoms with Gasteiger partial charge in [-0.05, 0) is 116 Å². The van der Waals surface area contributed by atoms with Crippen molar-refractivity contribution >= 4 is 35.8 Å². The van der Waals surface area contributed by atoms with E-state index in [1.807, 2.05) is 0 Å². The number of primary amides is 2. The zero-order chi connectivity index (χ0) is 44.1. The summed E-state index contributed by atoms with van der Waals surface area (Å²) in [6.45, 7) is 12.0. The first-order chi connectivity index (χ1) is 28.8. The largest absolute Gasteiger partial charge is 0.444 e. The molecular formula is C45H57N7O9. The van der Waals surface area contributed by atoms with Crippen LogP contribution in [0, 0.1) is 0 Å². The van der Waals surface area contributed by atoms with E-state index in [0.717, 1.165) is 0 Å². The fraction of sp³-hybridized carbons (Fsp3) is 0.533. The number of benzene rings is 2. The number of carbonyl (C=O) groups is 6. The second-order valence-corrected chi connectivity index (χ2v) is 18.5. The molecule has 326 valence electrons. The number of carbonyl (C=O) groups excluding carboxylic acids is 6. The van der Waals surface area contributed by atoms with E-state index >= 15 is 0 Å². The number of likely N-dealkylation sites (tertiary alicyclic amines) is 4. The SMILES string of the molecule is CC(C)(C)OC(=O)N1CCC[C@H]1C(=O)N1CCC[C@@]1(C(N)=O)c1ccc(-c2cnc(-c3ccc([C@]4(C(N)=O)CCCN4C(=O)[C@@H]4CCCN4C(=O)OC(C)(C)C)cc3)o2)cc1. The van der Waals surface area contributed by atoms with Crippen LogP contribution in [0.15, 0.2) is 59.1 Å². The lowest BCUT2D eigenvalue weighted by Crippen LogP contribution is -2.58. The van der Waals surface area contributed by atoms with Gasteiger partial charge in [-0.25, -0.2) is 14.6 Å². The Balaban J connectivity index is 1.08. The molecule has 4 saturated heterocycles. The molecule has 5 heterocycles. The minimum Gasteiger partial charge on any atom is -0.444 e. The fourth-order valence-corrected chi connectivity index (χ4v) is 9.46. The number of nitrogens with zero attached hydrogens (tertiary/aromatic N) is 5. The molecule has 0 aliphatic carbocycles. The average Bonchev–Trinajstić information content (AvgIpc) is 4.05. The van der Waals surface area contributed by atoms with Crippen molar-refractivity contribution in [2.45, 2.75) is 127 Å². The van der Waals surface area contributed by atoms with Crippen LogP contribution in [0.4, 0.5) is 9.59 Å². The number of nitrogens with two attached hydrogens (primary N) is 2. The van der Waals surface area contributed by atoms with Crippen molar-refractivity contribution in [2.24, 2.45) is 11.5 Å². The lowest BCUT2D eigenvalue weighted by molar-refractivity contribution is -0.147. The second kappa shape index (κ2) is 16.2. The minimum atomic E-state index is -1.41. The van der Waals surface area contributed by atoms with Gasteiger partial charge in [0.1, 0.15) is 34.4 Å². The highest BCUT2D eigenvalue weighted by Crippen LogP contribution is 2.43. The summed E-state index contributed by atoms with van der Waals surface area (Å²) in [6.07, 6.45) is 4.43. The van der Waals surface area contributed by atoms with Crippen LogP contribution in [0.1, 0.15) is 104 Å². The van der Waals surface area contributed by atoms with Crippen molar-refractivity contribution < 1.29 is 42.7 Å². The molecule has 0 saturated carbocycles. The molecule has 16 heteroatoms. The van der Waals surface area contributed by atoms with Crippen LogP contribution in [0.25, 0.3) is 22.8 Å². The summed E-state index contributed by atoms with van der Waals surface area (Å²) in [5.74, 6) is -1.21. The first kappa shape index (κ1) is 43.2. The van der Waals surface area contributed by atoms with Crippen LogP contribution in [0.2, 0.25) is 0 Å². The Morgan fingerprint density at radius 2 is 1.03 bits per heavy atom. The summed E-state index contributed by atoms with van der Waals surface area (Å²) < 4.78 is 17.4. The summed E-state index contributed by atoms with van der Waals surface area (Å²) in [5.41, 5.74) is 10.4. The van der Waals surface area contributed by atoms with E-state index in [9.17, 15) is 28.8 Å². The number of hydrogen-bond acceptors (Lipinski definition) is 10. The Bertz CT molecular complexity index is 2040. The number of aromatic nitrogens is 1. The molecule has 2 aromatic carbocycles. The summed E-state index contributed by atoms with van der Waals surface area (Å²) >= 11 is 0. The molecule has 4 atom stereocenters. The molecule has 4 aliphatic rings. The van der Waals surface area contributed by atoms with Gasteiger partial charge in [-0.2, -0.15) is 0 Å². The molecule has 61 heavy (non-hydrogen) atoms. The van der Waals surface area contributed by atoms with Crippen LogP contribution in [0.3, 0.4) is 0 Å². The number of hydrogen-bond donors (Lipinski definition) is 2. The molecule has 4 N–H and O–H groups in total. The quantitative estimate of drug-likeness (QED) is 0.294. The van der Waals surface area contributed by atoms with E-state index in [0.29, 0.717) is 111 Å². The molecule has 0 radical (unpaired) electrons. The Hall–Kier alpha value is -5.93. The van der Waals surface area contributed by atoms with Crippen molar-refractivity contribution in [3.8, 4) is 22.8 Å². The van der Waals surface area contributed by atoms with Gasteiger partial charge < -0.3 is 35.2 Å². The van der Waals surface area contributed by atoms with E-state index in [4.69, 9.17) is 25.4 Å². The number of ether oxygens (including phenoxy) is 2. The van der Waals surface area contributed by atoms with Gasteiger partial charge in [0.15, 0.2) is 5.76 Å². The maximum absolute atomic E-state index is 14.2. The number of oxazole rings is 1. The fourth-order valence-electron chi connectivity index (χ4n) is 9.46. The zero-order valence-corrected chi connectivity index (χ0v) is 35.9. The zero-order valence-electron chi connectivity index (χ0n) is 35.9. The van der Waals surface area contributed by atoms with Gasteiger partial charge in [0.25, 0.3) is 0 Å². The van der Waals surface area contributed by atoms with Crippen LogP contribution >= 0.6 is 0 Å². The Morgan fingerprint density at radius 3 is 1.43 bits per heavy atom. The van der Waals surface area contributed by atoms with Crippen molar-refractivity contribution in [3.05, 3.63) is 65.9 Å². The van der Waals surface area contributed by atoms with Crippen LogP contribution in [-0.4, -0.2) is 110 Å². The third kappa shape index (κ3) is 8.04. The van der Waals surface area contributed by atoms with E-state index < -0.39 is 58.4 Å². The average molecular weight is 840 g/mol. The summed E-state index contributed by atoms with van der Waals surface area (Å²) in [6, 6.07) is 12.6. The first-order valence-corrected chi connectivity index (χ1v) is 21.2. The normalized spacial score (nSPS) is 24.3. The third-order valence-electron chi connectivity index (χ3n) is 12.2. The standard InChI is InChI=1S/C45H57N7O9/c1-42(2,3)60-40(57)49-23-7-11-32(49)36(53)51-25-9-21-44(51,38(46)55)30-17-13-28(14-18-30)34-27-48-35(59-34)29-15-19-31(20-16-29)45(39(47)56)22-10-26-52(45)37(54)33-12-8-24-50(33)41(58)61-43(4,5)6/h13-20,27,32-33H,7-12,21-26H2,1-6H3,(H2,46,55)(H2,47,56)/t32-,33-,44-,45-/m0/s1. The Morgan fingerprint density at radius 1 is 0.623 bits per heavy atom. The summed E-state index contributed by atoms with van der Waals surface area (Å²) in [4.78, 5) is 91.6.